The lowest BCUT2D eigenvalue weighted by molar-refractivity contribution is -0.249. The highest BCUT2D eigenvalue weighted by Gasteiger charge is 2.65. The number of nitrogens with zero attached hydrogens (tertiary/aromatic N) is 4. The average Bonchev–Trinajstić information content (AvgIpc) is 3.75. The maximum atomic E-state index is 15.1. The van der Waals surface area contributed by atoms with Crippen LogP contribution < -0.4 is 9.64 Å². The summed E-state index contributed by atoms with van der Waals surface area (Å²) in [7, 11) is 0. The molecule has 1 aromatic heterocycles. The summed E-state index contributed by atoms with van der Waals surface area (Å²) < 4.78 is 56.9. The Kier molecular flexibility index (Phi) is 14.3. The molecule has 4 rings (SSSR count). The second-order valence-electron chi connectivity index (χ2n) is 11.9. The number of ether oxygens (including phenoxy) is 2. The third kappa shape index (κ3) is 9.16. The van der Waals surface area contributed by atoms with E-state index in [0.717, 1.165) is 54.9 Å². The second kappa shape index (κ2) is 18.6. The zero-order valence-corrected chi connectivity index (χ0v) is 31.2. The first-order chi connectivity index (χ1) is 25.1. The Balaban J connectivity index is 1.71. The van der Waals surface area contributed by atoms with Gasteiger partial charge in [-0.1, -0.05) is 79.0 Å². The lowest BCUT2D eigenvalue weighted by atomic mass is 9.84. The summed E-state index contributed by atoms with van der Waals surface area (Å²) >= 11 is 4.59. The molecule has 7 nitrogen and oxygen atoms in total. The molecule has 2 heterocycles. The maximum Gasteiger partial charge on any atom is 0.437 e. The quantitative estimate of drug-likeness (QED) is 0.114. The molecule has 0 amide bonds. The summed E-state index contributed by atoms with van der Waals surface area (Å²) in [5, 5.41) is 39.5. The molecule has 3 aromatic rings. The number of halogens is 4. The van der Waals surface area contributed by atoms with Crippen molar-refractivity contribution in [3.05, 3.63) is 110 Å². The molecule has 0 fully saturated rings. The van der Waals surface area contributed by atoms with Gasteiger partial charge in [0.25, 0.3) is 5.60 Å². The van der Waals surface area contributed by atoms with Crippen molar-refractivity contribution in [1.82, 2.24) is 0 Å². The molecular weight excluding hydrogens is 753 g/mol. The standard InChI is InChI=1S/C40H38BrF3N4O3S/c1-3-5-20-48(21-6-4-2)31-14-12-28(37(22-31)50-27-32(49)23-41)13-15-33-16-17-34(52-33)18-19-36-35(26-47)38(29(24-45)25-46)51-39(36,40(42,43)44)30-10-8-7-9-11-30/h7-19,22,32,49H,3-6,20-21,23,27H2,1-2H3/b15-13+,19-18+. The van der Waals surface area contributed by atoms with E-state index in [1.54, 1.807) is 30.3 Å². The summed E-state index contributed by atoms with van der Waals surface area (Å²) in [5.41, 5.74) is -3.42. The molecule has 0 bridgehead atoms. The fourth-order valence-corrected chi connectivity index (χ4v) is 6.60. The SMILES string of the molecule is CCCCN(CCCC)c1ccc(/C=C/c2ccc(/C=C/C3=C(C#N)C(=C(C#N)C#N)OC3(c3ccccc3)C(F)(F)F)s2)c(OCC(O)CBr)c1. The third-order valence-electron chi connectivity index (χ3n) is 8.30. The molecule has 2 atom stereocenters. The van der Waals surface area contributed by atoms with E-state index in [0.29, 0.717) is 16.0 Å². The van der Waals surface area contributed by atoms with Gasteiger partial charge in [0, 0.05) is 56.6 Å². The number of allylic oxidation sites excluding steroid dienone is 2. The number of benzene rings is 2. The number of thiophene rings is 1. The molecule has 2 aromatic carbocycles. The number of rotatable bonds is 16. The van der Waals surface area contributed by atoms with Crippen LogP contribution >= 0.6 is 27.3 Å². The molecule has 12 heteroatoms. The smallest absolute Gasteiger partial charge is 0.437 e. The van der Waals surface area contributed by atoms with E-state index in [1.807, 2.05) is 30.4 Å². The molecular formula is C40H38BrF3N4O3S. The Morgan fingerprint density at radius 3 is 2.15 bits per heavy atom. The van der Waals surface area contributed by atoms with Gasteiger partial charge < -0.3 is 19.5 Å². The van der Waals surface area contributed by atoms with E-state index < -0.39 is 40.4 Å². The second-order valence-corrected chi connectivity index (χ2v) is 13.7. The summed E-state index contributed by atoms with van der Waals surface area (Å²) in [5.74, 6) is -0.0994. The summed E-state index contributed by atoms with van der Waals surface area (Å²) in [6, 6.07) is 21.3. The molecule has 1 aliphatic rings. The number of aliphatic hydroxyl groups is 1. The van der Waals surface area contributed by atoms with Crippen LogP contribution in [0, 0.1) is 34.0 Å². The van der Waals surface area contributed by atoms with Crippen molar-refractivity contribution in [2.45, 2.75) is 57.4 Å². The van der Waals surface area contributed by atoms with Crippen LogP contribution in [0.2, 0.25) is 0 Å². The molecule has 0 saturated carbocycles. The van der Waals surface area contributed by atoms with Crippen LogP contribution in [0.15, 0.2) is 89.2 Å². The number of aliphatic hydroxyl groups excluding tert-OH is 1. The van der Waals surface area contributed by atoms with E-state index in [2.05, 4.69) is 40.7 Å². The Hall–Kier alpha value is -4.80. The van der Waals surface area contributed by atoms with Gasteiger partial charge in [-0.05, 0) is 55.3 Å². The normalized spacial score (nSPS) is 16.4. The third-order valence-corrected chi connectivity index (χ3v) is 10.1. The first kappa shape index (κ1) is 40.0. The van der Waals surface area contributed by atoms with Crippen molar-refractivity contribution in [3.63, 3.8) is 0 Å². The van der Waals surface area contributed by atoms with Gasteiger partial charge in [0.2, 0.25) is 0 Å². The minimum Gasteiger partial charge on any atom is -0.490 e. The van der Waals surface area contributed by atoms with Gasteiger partial charge in [0.1, 0.15) is 36.1 Å². The molecule has 1 N–H and O–H groups in total. The van der Waals surface area contributed by atoms with E-state index in [4.69, 9.17) is 9.47 Å². The van der Waals surface area contributed by atoms with Crippen molar-refractivity contribution in [1.29, 1.82) is 15.8 Å². The van der Waals surface area contributed by atoms with E-state index >= 15 is 13.2 Å². The van der Waals surface area contributed by atoms with E-state index in [1.165, 1.54) is 47.8 Å². The molecule has 2 unspecified atom stereocenters. The number of anilines is 1. The summed E-state index contributed by atoms with van der Waals surface area (Å²) in [6.45, 7) is 6.26. The maximum absolute atomic E-state index is 15.1. The van der Waals surface area contributed by atoms with Crippen LogP contribution in [0.5, 0.6) is 5.75 Å². The van der Waals surface area contributed by atoms with Gasteiger partial charge in [-0.2, -0.15) is 29.0 Å². The van der Waals surface area contributed by atoms with E-state index in [-0.39, 0.29) is 12.2 Å². The number of hydrogen-bond acceptors (Lipinski definition) is 8. The minimum atomic E-state index is -5.07. The Bertz CT molecular complexity index is 1930. The average molecular weight is 792 g/mol. The first-order valence-electron chi connectivity index (χ1n) is 16.8. The van der Waals surface area contributed by atoms with Gasteiger partial charge in [-0.25, -0.2) is 0 Å². The van der Waals surface area contributed by atoms with Gasteiger partial charge in [-0.3, -0.25) is 0 Å². The Labute approximate surface area is 315 Å². The minimum absolute atomic E-state index is 0.0984. The van der Waals surface area contributed by atoms with Crippen molar-refractivity contribution in [2.24, 2.45) is 0 Å². The highest BCUT2D eigenvalue weighted by Crippen LogP contribution is 2.56. The van der Waals surface area contributed by atoms with Gasteiger partial charge in [0.15, 0.2) is 11.3 Å². The highest BCUT2D eigenvalue weighted by molar-refractivity contribution is 9.09. The largest absolute Gasteiger partial charge is 0.490 e. The molecule has 270 valence electrons. The fourth-order valence-electron chi connectivity index (χ4n) is 5.60. The van der Waals surface area contributed by atoms with Crippen LogP contribution in [0.25, 0.3) is 18.2 Å². The zero-order valence-electron chi connectivity index (χ0n) is 28.8. The number of alkyl halides is 4. The number of hydrogen-bond donors (Lipinski definition) is 1. The molecule has 0 spiro atoms. The molecule has 52 heavy (non-hydrogen) atoms. The predicted molar refractivity (Wildman–Crippen MR) is 202 cm³/mol. The zero-order chi connectivity index (χ0) is 37.7. The van der Waals surface area contributed by atoms with E-state index in [9.17, 15) is 20.9 Å². The van der Waals surface area contributed by atoms with Crippen LogP contribution in [-0.4, -0.2) is 42.4 Å². The molecule has 0 radical (unpaired) electrons. The van der Waals surface area contributed by atoms with Crippen molar-refractivity contribution < 1.29 is 27.8 Å². The lowest BCUT2D eigenvalue weighted by Gasteiger charge is -2.33. The molecule has 0 saturated heterocycles. The van der Waals surface area contributed by atoms with Crippen molar-refractivity contribution in [3.8, 4) is 24.0 Å². The van der Waals surface area contributed by atoms with Crippen LogP contribution in [0.1, 0.15) is 60.4 Å². The van der Waals surface area contributed by atoms with Crippen molar-refractivity contribution in [2.75, 3.05) is 29.9 Å². The lowest BCUT2D eigenvalue weighted by Crippen LogP contribution is -2.43. The van der Waals surface area contributed by atoms with Crippen LogP contribution in [0.4, 0.5) is 18.9 Å². The predicted octanol–water partition coefficient (Wildman–Crippen LogP) is 10.1. The summed E-state index contributed by atoms with van der Waals surface area (Å²) in [6.07, 6.45) is 4.88. The van der Waals surface area contributed by atoms with Crippen LogP contribution in [0.3, 0.4) is 0 Å². The first-order valence-corrected chi connectivity index (χ1v) is 18.7. The van der Waals surface area contributed by atoms with Gasteiger partial charge in [0.05, 0.1) is 6.10 Å². The fraction of sp³-hybridized carbons (Fsp3) is 0.325. The topological polar surface area (TPSA) is 113 Å². The molecule has 1 aliphatic heterocycles. The van der Waals surface area contributed by atoms with Gasteiger partial charge >= 0.3 is 6.18 Å². The van der Waals surface area contributed by atoms with Crippen LogP contribution in [-0.2, 0) is 10.3 Å². The van der Waals surface area contributed by atoms with Crippen molar-refractivity contribution >= 4 is 51.2 Å². The monoisotopic (exact) mass is 790 g/mol. The number of unbranched alkanes of at least 4 members (excludes halogenated alkanes) is 2. The number of nitriles is 3. The molecule has 0 aliphatic carbocycles. The highest BCUT2D eigenvalue weighted by atomic mass is 79.9. The summed E-state index contributed by atoms with van der Waals surface area (Å²) in [4.78, 5) is 3.73. The Morgan fingerprint density at radius 2 is 1.60 bits per heavy atom. The van der Waals surface area contributed by atoms with Gasteiger partial charge in [-0.15, -0.1) is 11.3 Å². The Morgan fingerprint density at radius 1 is 0.962 bits per heavy atom.